The molecule has 0 aliphatic rings. The molecule has 0 unspecified atom stereocenters. The number of nitrogens with zero attached hydrogens (tertiary/aromatic N) is 1. The third-order valence-electron chi connectivity index (χ3n) is 3.02. The lowest BCUT2D eigenvalue weighted by atomic mass is 10.2. The third-order valence-corrected chi connectivity index (χ3v) is 4.12. The number of carbonyl (C=O) groups is 1. The van der Waals surface area contributed by atoms with E-state index >= 15 is 0 Å². The van der Waals surface area contributed by atoms with Crippen molar-refractivity contribution in [1.29, 1.82) is 0 Å². The van der Waals surface area contributed by atoms with Crippen LogP contribution in [0.15, 0.2) is 24.3 Å². The smallest absolute Gasteiger partial charge is 0.261 e. The third kappa shape index (κ3) is 3.71. The number of thiophene rings is 1. The summed E-state index contributed by atoms with van der Waals surface area (Å²) >= 11 is 1.50. The first kappa shape index (κ1) is 14.8. The number of fused-ring (bicyclic) bond motifs is 1. The molecule has 0 bridgehead atoms. The van der Waals surface area contributed by atoms with Gasteiger partial charge in [0.2, 0.25) is 0 Å². The van der Waals surface area contributed by atoms with Crippen LogP contribution in [-0.4, -0.2) is 45.1 Å². The fourth-order valence-corrected chi connectivity index (χ4v) is 2.94. The predicted octanol–water partition coefficient (Wildman–Crippen LogP) is 2.59. The first-order valence-electron chi connectivity index (χ1n) is 6.60. The van der Waals surface area contributed by atoms with E-state index in [1.165, 1.54) is 11.3 Å². The molecule has 0 aliphatic carbocycles. The first-order valence-corrected chi connectivity index (χ1v) is 7.42. The monoisotopic (exact) mass is 292 g/mol. The highest BCUT2D eigenvalue weighted by Crippen LogP contribution is 2.28. The number of benzene rings is 1. The molecule has 1 heterocycles. The molecule has 1 N–H and O–H groups in total. The number of carbonyl (C=O) groups excluding carboxylic acids is 1. The normalized spacial score (nSPS) is 11.0. The van der Waals surface area contributed by atoms with Crippen molar-refractivity contribution in [3.63, 3.8) is 0 Å². The van der Waals surface area contributed by atoms with E-state index in [0.717, 1.165) is 33.7 Å². The lowest BCUT2D eigenvalue weighted by molar-refractivity contribution is 0.0956. The van der Waals surface area contributed by atoms with Crippen molar-refractivity contribution in [2.75, 3.05) is 34.3 Å². The molecule has 1 aromatic heterocycles. The van der Waals surface area contributed by atoms with E-state index in [0.29, 0.717) is 6.54 Å². The summed E-state index contributed by atoms with van der Waals surface area (Å²) in [5.74, 6) is 0.821. The summed E-state index contributed by atoms with van der Waals surface area (Å²) in [7, 11) is 5.70. The number of methoxy groups -OCH3 is 1. The second-order valence-electron chi connectivity index (χ2n) is 4.93. The maximum atomic E-state index is 12.1. The number of hydrogen-bond acceptors (Lipinski definition) is 4. The maximum Gasteiger partial charge on any atom is 0.261 e. The summed E-state index contributed by atoms with van der Waals surface area (Å²) in [6.45, 7) is 1.68. The molecule has 2 aromatic rings. The van der Waals surface area contributed by atoms with Crippen molar-refractivity contribution in [2.24, 2.45) is 0 Å². The van der Waals surface area contributed by atoms with Gasteiger partial charge in [-0.1, -0.05) is 0 Å². The standard InChI is InChI=1S/C15H20N2O2S/c1-17(2)8-4-7-16-15(18)14-9-11-5-6-12(19-3)10-13(11)20-14/h5-6,9-10H,4,7-8H2,1-3H3,(H,16,18). The Kier molecular flexibility index (Phi) is 4.98. The molecule has 4 nitrogen and oxygen atoms in total. The van der Waals surface area contributed by atoms with Gasteiger partial charge in [0.25, 0.3) is 5.91 Å². The molecule has 108 valence electrons. The predicted molar refractivity (Wildman–Crippen MR) is 83.9 cm³/mol. The molecule has 5 heteroatoms. The number of hydrogen-bond donors (Lipinski definition) is 1. The number of ether oxygens (including phenoxy) is 1. The van der Waals surface area contributed by atoms with Crippen LogP contribution in [0.1, 0.15) is 16.1 Å². The Morgan fingerprint density at radius 1 is 1.35 bits per heavy atom. The van der Waals surface area contributed by atoms with Crippen LogP contribution in [0.4, 0.5) is 0 Å². The van der Waals surface area contributed by atoms with Gasteiger partial charge in [-0.3, -0.25) is 4.79 Å². The summed E-state index contributed by atoms with van der Waals surface area (Å²) in [6, 6.07) is 7.78. The zero-order valence-electron chi connectivity index (χ0n) is 12.1. The van der Waals surface area contributed by atoms with Gasteiger partial charge in [0.15, 0.2) is 0 Å². The summed E-state index contributed by atoms with van der Waals surface area (Å²) in [4.78, 5) is 14.9. The molecule has 1 amide bonds. The fraction of sp³-hybridized carbons (Fsp3) is 0.400. The van der Waals surface area contributed by atoms with Crippen molar-refractivity contribution >= 4 is 27.3 Å². The van der Waals surface area contributed by atoms with E-state index in [1.807, 2.05) is 38.4 Å². The molecule has 0 spiro atoms. The minimum Gasteiger partial charge on any atom is -0.497 e. The van der Waals surface area contributed by atoms with Crippen LogP contribution in [0.2, 0.25) is 0 Å². The van der Waals surface area contributed by atoms with Crippen molar-refractivity contribution in [3.05, 3.63) is 29.1 Å². The Morgan fingerprint density at radius 2 is 2.15 bits per heavy atom. The van der Waals surface area contributed by atoms with Crippen LogP contribution in [0, 0.1) is 0 Å². The van der Waals surface area contributed by atoms with E-state index in [-0.39, 0.29) is 5.91 Å². The van der Waals surface area contributed by atoms with Crippen LogP contribution in [0.3, 0.4) is 0 Å². The van der Waals surface area contributed by atoms with Crippen molar-refractivity contribution < 1.29 is 9.53 Å². The SMILES string of the molecule is COc1ccc2cc(C(=O)NCCCN(C)C)sc2c1. The van der Waals surface area contributed by atoms with Crippen molar-refractivity contribution in [2.45, 2.75) is 6.42 Å². The summed E-state index contributed by atoms with van der Waals surface area (Å²) in [5, 5.41) is 4.04. The van der Waals surface area contributed by atoms with E-state index in [2.05, 4.69) is 10.2 Å². The highest BCUT2D eigenvalue weighted by molar-refractivity contribution is 7.20. The van der Waals surface area contributed by atoms with E-state index in [4.69, 9.17) is 4.74 Å². The Labute approximate surface area is 123 Å². The molecule has 0 radical (unpaired) electrons. The van der Waals surface area contributed by atoms with Crippen molar-refractivity contribution in [3.8, 4) is 5.75 Å². The molecule has 0 saturated carbocycles. The zero-order valence-corrected chi connectivity index (χ0v) is 12.9. The van der Waals surface area contributed by atoms with Gasteiger partial charge in [-0.2, -0.15) is 0 Å². The minimum atomic E-state index is 0.00363. The van der Waals surface area contributed by atoms with Crippen LogP contribution in [0.5, 0.6) is 5.75 Å². The fourth-order valence-electron chi connectivity index (χ4n) is 1.93. The highest BCUT2D eigenvalue weighted by Gasteiger charge is 2.10. The van der Waals surface area contributed by atoms with E-state index < -0.39 is 0 Å². The minimum absolute atomic E-state index is 0.00363. The maximum absolute atomic E-state index is 12.1. The Balaban J connectivity index is 1.99. The molecule has 20 heavy (non-hydrogen) atoms. The highest BCUT2D eigenvalue weighted by atomic mass is 32.1. The molecule has 0 saturated heterocycles. The zero-order chi connectivity index (χ0) is 14.5. The topological polar surface area (TPSA) is 41.6 Å². The second-order valence-corrected chi connectivity index (χ2v) is 6.01. The molecule has 0 fully saturated rings. The van der Waals surface area contributed by atoms with Crippen LogP contribution < -0.4 is 10.1 Å². The Morgan fingerprint density at radius 3 is 2.85 bits per heavy atom. The number of rotatable bonds is 6. The van der Waals surface area contributed by atoms with E-state index in [9.17, 15) is 4.79 Å². The lowest BCUT2D eigenvalue weighted by Gasteiger charge is -2.09. The molecule has 0 atom stereocenters. The Hall–Kier alpha value is -1.59. The molecule has 1 aromatic carbocycles. The van der Waals surface area contributed by atoms with Gasteiger partial charge in [-0.15, -0.1) is 11.3 Å². The summed E-state index contributed by atoms with van der Waals surface area (Å²) in [6.07, 6.45) is 0.956. The molecular formula is C15H20N2O2S. The van der Waals surface area contributed by atoms with Gasteiger partial charge in [-0.05, 0) is 56.7 Å². The van der Waals surface area contributed by atoms with Gasteiger partial charge in [0, 0.05) is 11.2 Å². The Bertz CT molecular complexity index is 593. The van der Waals surface area contributed by atoms with E-state index in [1.54, 1.807) is 7.11 Å². The van der Waals surface area contributed by atoms with Crippen molar-refractivity contribution in [1.82, 2.24) is 10.2 Å². The van der Waals surface area contributed by atoms with Gasteiger partial charge in [0.05, 0.1) is 12.0 Å². The van der Waals surface area contributed by atoms with Crippen LogP contribution in [-0.2, 0) is 0 Å². The average molecular weight is 292 g/mol. The summed E-state index contributed by atoms with van der Waals surface area (Å²) in [5.41, 5.74) is 0. The molecule has 2 rings (SSSR count). The second kappa shape index (κ2) is 6.72. The number of amides is 1. The molecule has 0 aliphatic heterocycles. The summed E-state index contributed by atoms with van der Waals surface area (Å²) < 4.78 is 6.27. The lowest BCUT2D eigenvalue weighted by Crippen LogP contribution is -2.26. The van der Waals surface area contributed by atoms with Gasteiger partial charge in [0.1, 0.15) is 5.75 Å². The molecular weight excluding hydrogens is 272 g/mol. The number of nitrogens with one attached hydrogen (secondary N) is 1. The quantitative estimate of drug-likeness (QED) is 0.832. The van der Waals surface area contributed by atoms with Gasteiger partial charge >= 0.3 is 0 Å². The largest absolute Gasteiger partial charge is 0.497 e. The van der Waals surface area contributed by atoms with Crippen LogP contribution in [0.25, 0.3) is 10.1 Å². The van der Waals surface area contributed by atoms with Gasteiger partial charge < -0.3 is 15.0 Å². The first-order chi connectivity index (χ1) is 9.60. The van der Waals surface area contributed by atoms with Gasteiger partial charge in [-0.25, -0.2) is 0 Å². The average Bonchev–Trinajstić information content (AvgIpc) is 2.85. The van der Waals surface area contributed by atoms with Crippen LogP contribution >= 0.6 is 11.3 Å².